The number of phenolic OH excluding ortho intramolecular Hbond substituents is 1. The molecule has 2 N–H and O–H groups in total. The number of methoxy groups -OCH3 is 1. The monoisotopic (exact) mass is 194 g/mol. The maximum Gasteiger partial charge on any atom is 0.121 e. The average molecular weight is 194 g/mol. The Hall–Kier alpha value is -1.06. The van der Waals surface area contributed by atoms with Crippen LogP contribution in [0.25, 0.3) is 0 Å². The van der Waals surface area contributed by atoms with E-state index in [1.165, 1.54) is 0 Å². The van der Waals surface area contributed by atoms with Crippen LogP contribution in [-0.2, 0) is 11.2 Å². The van der Waals surface area contributed by atoms with Crippen molar-refractivity contribution in [1.29, 1.82) is 0 Å². The van der Waals surface area contributed by atoms with Crippen molar-refractivity contribution in [2.75, 3.05) is 7.11 Å². The Morgan fingerprint density at radius 2 is 2.21 bits per heavy atom. The van der Waals surface area contributed by atoms with Crippen LogP contribution in [0, 0.1) is 0 Å². The second kappa shape index (κ2) is 3.59. The Labute approximate surface area is 83.0 Å². The first kappa shape index (κ1) is 9.49. The topological polar surface area (TPSA) is 49.7 Å². The number of phenols is 1. The molecule has 0 aromatic heterocycles. The number of ether oxygens (including phenoxy) is 1. The fraction of sp³-hybridized carbons (Fsp3) is 0.455. The zero-order valence-electron chi connectivity index (χ0n) is 8.10. The summed E-state index contributed by atoms with van der Waals surface area (Å²) in [7, 11) is 1.55. The van der Waals surface area contributed by atoms with Gasteiger partial charge in [0, 0.05) is 12.7 Å². The molecule has 2 unspecified atom stereocenters. The third-order valence-corrected chi connectivity index (χ3v) is 2.77. The van der Waals surface area contributed by atoms with Gasteiger partial charge in [-0.05, 0) is 24.5 Å². The molecule has 2 atom stereocenters. The van der Waals surface area contributed by atoms with Crippen molar-refractivity contribution in [3.05, 3.63) is 29.3 Å². The molecule has 0 bridgehead atoms. The van der Waals surface area contributed by atoms with E-state index in [1.54, 1.807) is 13.2 Å². The first-order valence-corrected chi connectivity index (χ1v) is 4.75. The molecule has 1 aromatic carbocycles. The minimum atomic E-state index is -0.513. The molecule has 0 aliphatic heterocycles. The van der Waals surface area contributed by atoms with Crippen LogP contribution in [0.2, 0.25) is 0 Å². The van der Waals surface area contributed by atoms with Crippen molar-refractivity contribution in [3.8, 4) is 5.75 Å². The summed E-state index contributed by atoms with van der Waals surface area (Å²) in [5, 5.41) is 19.4. The van der Waals surface area contributed by atoms with Gasteiger partial charge >= 0.3 is 0 Å². The van der Waals surface area contributed by atoms with Crippen molar-refractivity contribution >= 4 is 0 Å². The summed E-state index contributed by atoms with van der Waals surface area (Å²) < 4.78 is 5.20. The van der Waals surface area contributed by atoms with Gasteiger partial charge in [-0.1, -0.05) is 12.1 Å². The molecule has 76 valence electrons. The zero-order valence-corrected chi connectivity index (χ0v) is 8.10. The van der Waals surface area contributed by atoms with Crippen molar-refractivity contribution < 1.29 is 14.9 Å². The molecule has 2 rings (SSSR count). The Morgan fingerprint density at radius 3 is 2.93 bits per heavy atom. The molecule has 0 spiro atoms. The molecule has 3 heteroatoms. The minimum Gasteiger partial charge on any atom is -0.508 e. The first-order chi connectivity index (χ1) is 6.74. The predicted molar refractivity (Wildman–Crippen MR) is 52.2 cm³/mol. The van der Waals surface area contributed by atoms with Crippen molar-refractivity contribution in [2.45, 2.75) is 25.0 Å². The van der Waals surface area contributed by atoms with E-state index in [0.717, 1.165) is 17.5 Å². The molecule has 0 amide bonds. The van der Waals surface area contributed by atoms with Crippen LogP contribution in [0.4, 0.5) is 0 Å². The number of hydrogen-bond donors (Lipinski definition) is 2. The van der Waals surface area contributed by atoms with E-state index < -0.39 is 6.10 Å². The first-order valence-electron chi connectivity index (χ1n) is 4.75. The molecule has 0 heterocycles. The lowest BCUT2D eigenvalue weighted by molar-refractivity contribution is -0.0246. The zero-order chi connectivity index (χ0) is 10.1. The quantitative estimate of drug-likeness (QED) is 0.710. The van der Waals surface area contributed by atoms with Crippen LogP contribution in [-0.4, -0.2) is 23.4 Å². The third-order valence-electron chi connectivity index (χ3n) is 2.77. The van der Waals surface area contributed by atoms with Gasteiger partial charge < -0.3 is 14.9 Å². The molecule has 0 saturated carbocycles. The van der Waals surface area contributed by atoms with Gasteiger partial charge in [0.2, 0.25) is 0 Å². The van der Waals surface area contributed by atoms with E-state index in [4.69, 9.17) is 4.74 Å². The van der Waals surface area contributed by atoms with E-state index in [0.29, 0.717) is 6.42 Å². The molecule has 1 aliphatic rings. The maximum absolute atomic E-state index is 9.70. The predicted octanol–water partition coefficient (Wildman–Crippen LogP) is 1.39. The highest BCUT2D eigenvalue weighted by Crippen LogP contribution is 2.37. The van der Waals surface area contributed by atoms with Gasteiger partial charge in [-0.3, -0.25) is 0 Å². The van der Waals surface area contributed by atoms with Crippen molar-refractivity contribution in [3.63, 3.8) is 0 Å². The number of aryl methyl sites for hydroxylation is 1. The molecule has 14 heavy (non-hydrogen) atoms. The summed E-state index contributed by atoms with van der Waals surface area (Å²) in [5.41, 5.74) is 1.82. The van der Waals surface area contributed by atoms with Gasteiger partial charge in [-0.25, -0.2) is 0 Å². The molecule has 3 nitrogen and oxygen atoms in total. The highest BCUT2D eigenvalue weighted by Gasteiger charge is 2.30. The van der Waals surface area contributed by atoms with Crippen LogP contribution in [0.5, 0.6) is 5.75 Å². The molecule has 0 fully saturated rings. The molecular weight excluding hydrogens is 180 g/mol. The second-order valence-corrected chi connectivity index (χ2v) is 3.61. The molecule has 0 radical (unpaired) electrons. The van der Waals surface area contributed by atoms with E-state index in [2.05, 4.69) is 0 Å². The maximum atomic E-state index is 9.70. The van der Waals surface area contributed by atoms with Crippen molar-refractivity contribution in [2.24, 2.45) is 0 Å². The number of aromatic hydroxyl groups is 1. The molecule has 0 saturated heterocycles. The second-order valence-electron chi connectivity index (χ2n) is 3.61. The van der Waals surface area contributed by atoms with Gasteiger partial charge in [0.25, 0.3) is 0 Å². The summed E-state index contributed by atoms with van der Waals surface area (Å²) in [6.45, 7) is 0. The number of rotatable bonds is 1. The van der Waals surface area contributed by atoms with Crippen LogP contribution < -0.4 is 0 Å². The lowest BCUT2D eigenvalue weighted by atomic mass is 9.87. The minimum absolute atomic E-state index is 0.216. The fourth-order valence-corrected chi connectivity index (χ4v) is 2.07. The number of fused-ring (bicyclic) bond motifs is 1. The summed E-state index contributed by atoms with van der Waals surface area (Å²) in [6.07, 6.45) is 0.584. The Morgan fingerprint density at radius 1 is 1.43 bits per heavy atom. The Bertz CT molecular complexity index is 335. The smallest absolute Gasteiger partial charge is 0.121 e. The number of benzene rings is 1. The molecule has 1 aliphatic carbocycles. The van der Waals surface area contributed by atoms with Crippen LogP contribution in [0.15, 0.2) is 18.2 Å². The van der Waals surface area contributed by atoms with Crippen molar-refractivity contribution in [1.82, 2.24) is 0 Å². The van der Waals surface area contributed by atoms with Gasteiger partial charge in [-0.2, -0.15) is 0 Å². The van der Waals surface area contributed by atoms with Crippen LogP contribution in [0.1, 0.15) is 23.7 Å². The van der Waals surface area contributed by atoms with E-state index >= 15 is 0 Å². The van der Waals surface area contributed by atoms with Gasteiger partial charge in [0.05, 0.1) is 6.10 Å². The largest absolute Gasteiger partial charge is 0.508 e. The standard InChI is InChI=1S/C11H14O3/c1-14-11-9(13)6-5-7-3-2-4-8(12)10(7)11/h2-4,9,11-13H,5-6H2,1H3. The van der Waals surface area contributed by atoms with E-state index in [1.807, 2.05) is 12.1 Å². The van der Waals surface area contributed by atoms with E-state index in [-0.39, 0.29) is 11.9 Å². The van der Waals surface area contributed by atoms with E-state index in [9.17, 15) is 10.2 Å². The lowest BCUT2D eigenvalue weighted by Crippen LogP contribution is -2.26. The summed E-state index contributed by atoms with van der Waals surface area (Å²) >= 11 is 0. The number of aliphatic hydroxyl groups excluding tert-OH is 1. The highest BCUT2D eigenvalue weighted by atomic mass is 16.5. The molecular formula is C11H14O3. The number of hydrogen-bond acceptors (Lipinski definition) is 3. The summed E-state index contributed by atoms with van der Waals surface area (Å²) in [5.74, 6) is 0.216. The SMILES string of the molecule is COC1c2c(O)cccc2CCC1O. The normalized spacial score (nSPS) is 25.9. The van der Waals surface area contributed by atoms with Crippen LogP contribution in [0.3, 0.4) is 0 Å². The highest BCUT2D eigenvalue weighted by molar-refractivity contribution is 5.43. The van der Waals surface area contributed by atoms with Gasteiger partial charge in [0.15, 0.2) is 0 Å². The lowest BCUT2D eigenvalue weighted by Gasteiger charge is -2.29. The Balaban J connectivity index is 2.49. The fourth-order valence-electron chi connectivity index (χ4n) is 2.07. The number of aliphatic hydroxyl groups is 1. The average Bonchev–Trinajstić information content (AvgIpc) is 2.19. The van der Waals surface area contributed by atoms with Gasteiger partial charge in [-0.15, -0.1) is 0 Å². The Kier molecular flexibility index (Phi) is 2.44. The third kappa shape index (κ3) is 1.38. The summed E-state index contributed by atoms with van der Waals surface area (Å²) in [4.78, 5) is 0. The molecule has 1 aromatic rings. The summed E-state index contributed by atoms with van der Waals surface area (Å²) in [6, 6.07) is 5.41. The van der Waals surface area contributed by atoms with Gasteiger partial charge in [0.1, 0.15) is 11.9 Å². The van der Waals surface area contributed by atoms with Crippen LogP contribution >= 0.6 is 0 Å².